The summed E-state index contributed by atoms with van der Waals surface area (Å²) in [6.07, 6.45) is -0.574. The quantitative estimate of drug-likeness (QED) is 0.661. The second kappa shape index (κ2) is 8.55. The van der Waals surface area contributed by atoms with Crippen LogP contribution in [-0.4, -0.2) is 17.9 Å². The number of anilines is 2. The Morgan fingerprint density at radius 2 is 1.58 bits per heavy atom. The molecule has 31 heavy (non-hydrogen) atoms. The van der Waals surface area contributed by atoms with Crippen molar-refractivity contribution in [2.45, 2.75) is 26.0 Å². The van der Waals surface area contributed by atoms with Gasteiger partial charge in [0.15, 0.2) is 6.10 Å². The number of hydrogen-bond acceptors (Lipinski definition) is 3. The zero-order chi connectivity index (χ0) is 22.0. The van der Waals surface area contributed by atoms with E-state index in [4.69, 9.17) is 4.74 Å². The molecule has 1 aliphatic rings. The van der Waals surface area contributed by atoms with Crippen LogP contribution in [-0.2, 0) is 22.6 Å². The van der Waals surface area contributed by atoms with E-state index in [1.165, 1.54) is 24.3 Å². The second-order valence-electron chi connectivity index (χ2n) is 7.34. The predicted octanol–water partition coefficient (Wildman–Crippen LogP) is 4.46. The third-order valence-electron chi connectivity index (χ3n) is 4.98. The smallest absolute Gasteiger partial charge is 0.268 e. The van der Waals surface area contributed by atoms with Crippen LogP contribution in [0.4, 0.5) is 20.2 Å². The van der Waals surface area contributed by atoms with Gasteiger partial charge in [0, 0.05) is 5.69 Å². The van der Waals surface area contributed by atoms with Crippen LogP contribution < -0.4 is 15.0 Å². The predicted molar refractivity (Wildman–Crippen MR) is 113 cm³/mol. The van der Waals surface area contributed by atoms with Crippen LogP contribution in [0.3, 0.4) is 0 Å². The number of carbonyl (C=O) groups excluding carboxylic acids is 2. The lowest BCUT2D eigenvalue weighted by Crippen LogP contribution is -2.44. The molecule has 2 amide bonds. The van der Waals surface area contributed by atoms with Crippen LogP contribution in [0, 0.1) is 11.6 Å². The molecule has 0 fully saturated rings. The number of carbonyl (C=O) groups is 2. The monoisotopic (exact) mass is 422 g/mol. The highest BCUT2D eigenvalue weighted by atomic mass is 19.1. The Labute approximate surface area is 178 Å². The first kappa shape index (κ1) is 20.5. The summed E-state index contributed by atoms with van der Waals surface area (Å²) in [5.41, 5.74) is 2.47. The van der Waals surface area contributed by atoms with Crippen LogP contribution in [0.2, 0.25) is 0 Å². The molecular weight excluding hydrogens is 402 g/mol. The van der Waals surface area contributed by atoms with Crippen molar-refractivity contribution in [1.29, 1.82) is 0 Å². The van der Waals surface area contributed by atoms with Crippen LogP contribution >= 0.6 is 0 Å². The van der Waals surface area contributed by atoms with E-state index in [-0.39, 0.29) is 36.4 Å². The van der Waals surface area contributed by atoms with E-state index in [0.29, 0.717) is 22.7 Å². The van der Waals surface area contributed by atoms with E-state index in [0.717, 1.165) is 5.56 Å². The fraction of sp³-hybridized carbons (Fsp3) is 0.167. The van der Waals surface area contributed by atoms with Crippen molar-refractivity contribution < 1.29 is 23.1 Å². The molecular formula is C24H20F2N2O3. The summed E-state index contributed by atoms with van der Waals surface area (Å²) < 4.78 is 32.0. The van der Waals surface area contributed by atoms with Gasteiger partial charge in [-0.2, -0.15) is 0 Å². The number of fused-ring (bicyclic) bond motifs is 1. The average molecular weight is 422 g/mol. The highest BCUT2D eigenvalue weighted by Crippen LogP contribution is 2.37. The molecule has 0 bridgehead atoms. The molecule has 1 heterocycles. The molecule has 0 saturated heterocycles. The zero-order valence-corrected chi connectivity index (χ0v) is 16.8. The number of rotatable bonds is 5. The topological polar surface area (TPSA) is 58.6 Å². The first-order chi connectivity index (χ1) is 14.9. The fourth-order valence-corrected chi connectivity index (χ4v) is 3.41. The first-order valence-corrected chi connectivity index (χ1v) is 9.80. The van der Waals surface area contributed by atoms with E-state index >= 15 is 0 Å². The summed E-state index contributed by atoms with van der Waals surface area (Å²) in [6, 6.07) is 16.7. The number of amides is 2. The molecule has 5 nitrogen and oxygen atoms in total. The number of halogens is 2. The van der Waals surface area contributed by atoms with Crippen LogP contribution in [0.15, 0.2) is 66.7 Å². The molecule has 0 saturated carbocycles. The van der Waals surface area contributed by atoms with Crippen molar-refractivity contribution in [1.82, 2.24) is 0 Å². The summed E-state index contributed by atoms with van der Waals surface area (Å²) in [5.74, 6) is -0.693. The minimum atomic E-state index is -0.660. The normalized spacial score (nSPS) is 15.3. The van der Waals surface area contributed by atoms with Crippen molar-refractivity contribution in [2.75, 3.05) is 10.2 Å². The van der Waals surface area contributed by atoms with Crippen molar-refractivity contribution in [3.63, 3.8) is 0 Å². The fourth-order valence-electron chi connectivity index (χ4n) is 3.41. The van der Waals surface area contributed by atoms with Gasteiger partial charge in [0.1, 0.15) is 17.4 Å². The van der Waals surface area contributed by atoms with Gasteiger partial charge in [-0.25, -0.2) is 8.78 Å². The standard InChI is InChI=1S/C24H20F2N2O3/c1-15-24(30)28(14-17-4-8-19(26)9-5-17)21-13-20(10-11-22(21)31-15)27-23(29)12-16-2-6-18(25)7-3-16/h2-11,13,15H,12,14H2,1H3,(H,27,29). The summed E-state index contributed by atoms with van der Waals surface area (Å²) in [6.45, 7) is 1.91. The van der Waals surface area contributed by atoms with Crippen LogP contribution in [0.5, 0.6) is 5.75 Å². The van der Waals surface area contributed by atoms with E-state index in [1.807, 2.05) is 0 Å². The van der Waals surface area contributed by atoms with Crippen LogP contribution in [0.1, 0.15) is 18.1 Å². The maximum Gasteiger partial charge on any atom is 0.268 e. The molecule has 1 N–H and O–H groups in total. The highest BCUT2D eigenvalue weighted by Gasteiger charge is 2.31. The number of nitrogens with one attached hydrogen (secondary N) is 1. The molecule has 0 spiro atoms. The Kier molecular flexibility index (Phi) is 5.66. The number of hydrogen-bond donors (Lipinski definition) is 1. The third kappa shape index (κ3) is 4.71. The van der Waals surface area contributed by atoms with Gasteiger partial charge in [0.05, 0.1) is 18.7 Å². The lowest BCUT2D eigenvalue weighted by Gasteiger charge is -2.33. The van der Waals surface area contributed by atoms with Gasteiger partial charge in [0.25, 0.3) is 5.91 Å². The Hall–Kier alpha value is -3.74. The average Bonchev–Trinajstić information content (AvgIpc) is 2.75. The molecule has 0 radical (unpaired) electrons. The lowest BCUT2D eigenvalue weighted by molar-refractivity contribution is -0.125. The molecule has 1 unspecified atom stereocenters. The Bertz CT molecular complexity index is 1110. The Morgan fingerprint density at radius 3 is 2.23 bits per heavy atom. The van der Waals surface area contributed by atoms with Gasteiger partial charge in [-0.1, -0.05) is 24.3 Å². The number of ether oxygens (including phenoxy) is 1. The summed E-state index contributed by atoms with van der Waals surface area (Å²) in [5, 5.41) is 2.80. The molecule has 7 heteroatoms. The maximum atomic E-state index is 13.2. The second-order valence-corrected chi connectivity index (χ2v) is 7.34. The molecule has 1 aliphatic heterocycles. The molecule has 0 aromatic heterocycles. The first-order valence-electron chi connectivity index (χ1n) is 9.80. The van der Waals surface area contributed by atoms with Gasteiger partial charge >= 0.3 is 0 Å². The minimum absolute atomic E-state index is 0.0864. The van der Waals surface area contributed by atoms with E-state index in [2.05, 4.69) is 5.32 Å². The number of nitrogens with zero attached hydrogens (tertiary/aromatic N) is 1. The van der Waals surface area contributed by atoms with E-state index < -0.39 is 6.10 Å². The largest absolute Gasteiger partial charge is 0.479 e. The zero-order valence-electron chi connectivity index (χ0n) is 16.8. The SMILES string of the molecule is CC1Oc2ccc(NC(=O)Cc3ccc(F)cc3)cc2N(Cc2ccc(F)cc2)C1=O. The molecule has 3 aromatic rings. The molecule has 1 atom stereocenters. The molecule has 4 rings (SSSR count). The maximum absolute atomic E-state index is 13.2. The van der Waals surface area contributed by atoms with Gasteiger partial charge in [-0.05, 0) is 60.5 Å². The van der Waals surface area contributed by atoms with Crippen molar-refractivity contribution in [2.24, 2.45) is 0 Å². The van der Waals surface area contributed by atoms with Gasteiger partial charge in [-0.15, -0.1) is 0 Å². The van der Waals surface area contributed by atoms with Gasteiger partial charge < -0.3 is 15.0 Å². The van der Waals surface area contributed by atoms with Crippen molar-refractivity contribution in [3.8, 4) is 5.75 Å². The van der Waals surface area contributed by atoms with Crippen molar-refractivity contribution >= 4 is 23.2 Å². The van der Waals surface area contributed by atoms with Crippen LogP contribution in [0.25, 0.3) is 0 Å². The minimum Gasteiger partial charge on any atom is -0.479 e. The molecule has 3 aromatic carbocycles. The summed E-state index contributed by atoms with van der Waals surface area (Å²) in [7, 11) is 0. The lowest BCUT2D eigenvalue weighted by atomic mass is 10.1. The van der Waals surface area contributed by atoms with Gasteiger partial charge in [-0.3, -0.25) is 9.59 Å². The Balaban J connectivity index is 1.55. The van der Waals surface area contributed by atoms with E-state index in [9.17, 15) is 18.4 Å². The third-order valence-corrected chi connectivity index (χ3v) is 4.98. The van der Waals surface area contributed by atoms with Gasteiger partial charge in [0.2, 0.25) is 5.91 Å². The van der Waals surface area contributed by atoms with E-state index in [1.54, 1.807) is 54.3 Å². The summed E-state index contributed by atoms with van der Waals surface area (Å²) >= 11 is 0. The Morgan fingerprint density at radius 1 is 0.968 bits per heavy atom. The summed E-state index contributed by atoms with van der Waals surface area (Å²) in [4.78, 5) is 26.7. The number of benzene rings is 3. The molecule has 158 valence electrons. The van der Waals surface area contributed by atoms with Crippen molar-refractivity contribution in [3.05, 3.63) is 89.5 Å². The molecule has 0 aliphatic carbocycles. The highest BCUT2D eigenvalue weighted by molar-refractivity contribution is 6.01.